The van der Waals surface area contributed by atoms with Gasteiger partial charge in [-0.25, -0.2) is 0 Å². The number of rotatable bonds is 3. The van der Waals surface area contributed by atoms with E-state index in [0.717, 1.165) is 5.56 Å². The fraction of sp³-hybridized carbons (Fsp3) is 0.417. The van der Waals surface area contributed by atoms with Crippen LogP contribution in [0, 0.1) is 0 Å². The number of carbonyl (C=O) groups is 1. The molecule has 1 aliphatic heterocycles. The smallest absolute Gasteiger partial charge is 0.471 e. The van der Waals surface area contributed by atoms with Crippen molar-refractivity contribution < 1.29 is 27.4 Å². The van der Waals surface area contributed by atoms with Crippen molar-refractivity contribution in [3.05, 3.63) is 23.8 Å². The van der Waals surface area contributed by atoms with Crippen LogP contribution in [0.3, 0.4) is 0 Å². The van der Waals surface area contributed by atoms with E-state index >= 15 is 0 Å². The summed E-state index contributed by atoms with van der Waals surface area (Å²) in [6.45, 7) is 0.841. The van der Waals surface area contributed by atoms with E-state index in [1.807, 2.05) is 5.32 Å². The zero-order valence-electron chi connectivity index (χ0n) is 9.92. The average Bonchev–Trinajstić information content (AvgIpc) is 2.37. The van der Waals surface area contributed by atoms with E-state index in [1.54, 1.807) is 18.2 Å². The maximum absolute atomic E-state index is 12.0. The number of benzene rings is 1. The molecule has 1 aromatic rings. The quantitative estimate of drug-likeness (QED) is 0.913. The molecule has 2 rings (SSSR count). The molecule has 0 atom stereocenters. The summed E-state index contributed by atoms with van der Waals surface area (Å²) in [5.74, 6) is -0.731. The third-order valence-corrected chi connectivity index (χ3v) is 2.56. The Morgan fingerprint density at radius 2 is 1.89 bits per heavy atom. The minimum absolute atomic E-state index is 0.0853. The molecule has 0 aromatic heterocycles. The van der Waals surface area contributed by atoms with Crippen LogP contribution in [0.25, 0.3) is 0 Å². The molecule has 1 amide bonds. The molecule has 1 aliphatic rings. The first kappa shape index (κ1) is 13.5. The summed E-state index contributed by atoms with van der Waals surface area (Å²) in [6.07, 6.45) is -4.55. The Kier molecular flexibility index (Phi) is 3.82. The molecule has 104 valence electrons. The zero-order valence-corrected chi connectivity index (χ0v) is 9.92. The Morgan fingerprint density at radius 3 is 2.58 bits per heavy atom. The van der Waals surface area contributed by atoms with Crippen molar-refractivity contribution >= 4 is 5.91 Å². The lowest BCUT2D eigenvalue weighted by atomic mass is 10.1. The highest BCUT2D eigenvalue weighted by atomic mass is 19.4. The third kappa shape index (κ3) is 3.52. The molecule has 0 bridgehead atoms. The number of amides is 1. The Bertz CT molecular complexity index is 474. The van der Waals surface area contributed by atoms with Crippen molar-refractivity contribution in [1.82, 2.24) is 5.32 Å². The Labute approximate surface area is 107 Å². The Balaban J connectivity index is 1.88. The van der Waals surface area contributed by atoms with Crippen LogP contribution in [-0.4, -0.2) is 31.8 Å². The molecule has 1 N–H and O–H groups in total. The second-order valence-electron chi connectivity index (χ2n) is 3.98. The highest BCUT2D eigenvalue weighted by Gasteiger charge is 2.38. The molecule has 0 spiro atoms. The van der Waals surface area contributed by atoms with E-state index in [2.05, 4.69) is 0 Å². The van der Waals surface area contributed by atoms with Gasteiger partial charge in [0.05, 0.1) is 0 Å². The molecule has 19 heavy (non-hydrogen) atoms. The largest absolute Gasteiger partial charge is 0.486 e. The van der Waals surface area contributed by atoms with Crippen LogP contribution in [-0.2, 0) is 11.2 Å². The summed E-state index contributed by atoms with van der Waals surface area (Å²) < 4.78 is 46.5. The molecule has 7 heteroatoms. The maximum Gasteiger partial charge on any atom is 0.471 e. The minimum atomic E-state index is -4.84. The van der Waals surface area contributed by atoms with E-state index in [-0.39, 0.29) is 6.54 Å². The number of nitrogens with one attached hydrogen (secondary N) is 1. The highest BCUT2D eigenvalue weighted by Crippen LogP contribution is 2.30. The topological polar surface area (TPSA) is 47.6 Å². The van der Waals surface area contributed by atoms with Gasteiger partial charge in [0.15, 0.2) is 11.5 Å². The monoisotopic (exact) mass is 275 g/mol. The van der Waals surface area contributed by atoms with E-state index in [4.69, 9.17) is 9.47 Å². The average molecular weight is 275 g/mol. The second kappa shape index (κ2) is 5.38. The molecule has 1 heterocycles. The number of halogens is 3. The normalized spacial score (nSPS) is 14.1. The summed E-state index contributed by atoms with van der Waals surface area (Å²) in [4.78, 5) is 10.6. The molecule has 0 unspecified atom stereocenters. The minimum Gasteiger partial charge on any atom is -0.486 e. The Morgan fingerprint density at radius 1 is 1.21 bits per heavy atom. The molecule has 0 aliphatic carbocycles. The van der Waals surface area contributed by atoms with Crippen molar-refractivity contribution in [1.29, 1.82) is 0 Å². The van der Waals surface area contributed by atoms with Gasteiger partial charge in [0.2, 0.25) is 0 Å². The molecule has 0 saturated carbocycles. The van der Waals surface area contributed by atoms with Gasteiger partial charge in [-0.15, -0.1) is 0 Å². The number of hydrogen-bond acceptors (Lipinski definition) is 3. The molecule has 0 radical (unpaired) electrons. The molecule has 0 fully saturated rings. The van der Waals surface area contributed by atoms with Crippen LogP contribution in [0.5, 0.6) is 11.5 Å². The summed E-state index contributed by atoms with van der Waals surface area (Å²) in [6, 6.07) is 5.14. The van der Waals surface area contributed by atoms with Crippen LogP contribution < -0.4 is 14.8 Å². The van der Waals surface area contributed by atoms with E-state index < -0.39 is 12.1 Å². The zero-order chi connectivity index (χ0) is 13.9. The molecule has 4 nitrogen and oxygen atoms in total. The van der Waals surface area contributed by atoms with Gasteiger partial charge in [0.1, 0.15) is 13.2 Å². The standard InChI is InChI=1S/C12H12F3NO3/c13-12(14,15)11(17)16-4-3-8-1-2-9-10(7-8)19-6-5-18-9/h1-2,7H,3-6H2,(H,16,17). The molecular weight excluding hydrogens is 263 g/mol. The maximum atomic E-state index is 12.0. The van der Waals surface area contributed by atoms with Gasteiger partial charge in [-0.2, -0.15) is 13.2 Å². The predicted octanol–water partition coefficient (Wildman–Crippen LogP) is 1.68. The van der Waals surface area contributed by atoms with Crippen LogP contribution in [0.4, 0.5) is 13.2 Å². The van der Waals surface area contributed by atoms with Crippen LogP contribution in [0.1, 0.15) is 5.56 Å². The fourth-order valence-corrected chi connectivity index (χ4v) is 1.66. The van der Waals surface area contributed by atoms with Crippen LogP contribution in [0.2, 0.25) is 0 Å². The number of alkyl halides is 3. The van der Waals surface area contributed by atoms with E-state index in [1.165, 1.54) is 0 Å². The fourth-order valence-electron chi connectivity index (χ4n) is 1.66. The number of ether oxygens (including phenoxy) is 2. The first-order chi connectivity index (χ1) is 8.97. The lowest BCUT2D eigenvalue weighted by molar-refractivity contribution is -0.173. The van der Waals surface area contributed by atoms with Gasteiger partial charge in [-0.3, -0.25) is 4.79 Å². The van der Waals surface area contributed by atoms with Gasteiger partial charge in [0.25, 0.3) is 0 Å². The highest BCUT2D eigenvalue weighted by molar-refractivity contribution is 5.81. The van der Waals surface area contributed by atoms with Gasteiger partial charge in [-0.05, 0) is 24.1 Å². The van der Waals surface area contributed by atoms with Crippen molar-refractivity contribution in [2.24, 2.45) is 0 Å². The summed E-state index contributed by atoms with van der Waals surface area (Å²) in [5, 5.41) is 1.82. The SMILES string of the molecule is O=C(NCCc1ccc2c(c1)OCCO2)C(F)(F)F. The van der Waals surface area contributed by atoms with Gasteiger partial charge < -0.3 is 14.8 Å². The van der Waals surface area contributed by atoms with E-state index in [0.29, 0.717) is 31.1 Å². The van der Waals surface area contributed by atoms with Crippen LogP contribution in [0.15, 0.2) is 18.2 Å². The van der Waals surface area contributed by atoms with Crippen molar-refractivity contribution in [3.8, 4) is 11.5 Å². The van der Waals surface area contributed by atoms with Gasteiger partial charge in [-0.1, -0.05) is 6.07 Å². The number of hydrogen-bond donors (Lipinski definition) is 1. The molecular formula is C12H12F3NO3. The lowest BCUT2D eigenvalue weighted by Gasteiger charge is -2.18. The molecule has 0 saturated heterocycles. The van der Waals surface area contributed by atoms with Gasteiger partial charge in [0, 0.05) is 6.54 Å². The number of carbonyl (C=O) groups excluding carboxylic acids is 1. The second-order valence-corrected chi connectivity index (χ2v) is 3.98. The summed E-state index contributed by atoms with van der Waals surface area (Å²) >= 11 is 0. The Hall–Kier alpha value is -1.92. The van der Waals surface area contributed by atoms with Gasteiger partial charge >= 0.3 is 12.1 Å². The van der Waals surface area contributed by atoms with Crippen LogP contribution >= 0.6 is 0 Å². The van der Waals surface area contributed by atoms with Crippen molar-refractivity contribution in [3.63, 3.8) is 0 Å². The summed E-state index contributed by atoms with van der Waals surface area (Å²) in [7, 11) is 0. The number of fused-ring (bicyclic) bond motifs is 1. The first-order valence-corrected chi connectivity index (χ1v) is 5.70. The third-order valence-electron chi connectivity index (χ3n) is 2.56. The predicted molar refractivity (Wildman–Crippen MR) is 60.2 cm³/mol. The van der Waals surface area contributed by atoms with E-state index in [9.17, 15) is 18.0 Å². The first-order valence-electron chi connectivity index (χ1n) is 5.70. The molecule has 1 aromatic carbocycles. The van der Waals surface area contributed by atoms with Crippen molar-refractivity contribution in [2.45, 2.75) is 12.6 Å². The lowest BCUT2D eigenvalue weighted by Crippen LogP contribution is -2.37. The van der Waals surface area contributed by atoms with Crippen molar-refractivity contribution in [2.75, 3.05) is 19.8 Å². The summed E-state index contributed by atoms with van der Waals surface area (Å²) in [5.41, 5.74) is 0.770.